The monoisotopic (exact) mass is 247 g/mol. The van der Waals surface area contributed by atoms with E-state index in [1.807, 2.05) is 32.2 Å². The summed E-state index contributed by atoms with van der Waals surface area (Å²) in [5.74, 6) is 1.57. The third kappa shape index (κ3) is 2.68. The van der Waals surface area contributed by atoms with E-state index in [-0.39, 0.29) is 0 Å². The lowest BCUT2D eigenvalue weighted by atomic mass is 10.1. The van der Waals surface area contributed by atoms with E-state index in [2.05, 4.69) is 10.1 Å². The number of hydrogen-bond acceptors (Lipinski definition) is 4. The molecule has 5 heteroatoms. The molecule has 5 nitrogen and oxygen atoms in total. The molecule has 0 bridgehead atoms. The number of benzene rings is 1. The van der Waals surface area contributed by atoms with Crippen molar-refractivity contribution < 1.29 is 9.84 Å². The van der Waals surface area contributed by atoms with Crippen LogP contribution in [-0.2, 0) is 13.7 Å². The van der Waals surface area contributed by atoms with Gasteiger partial charge in [0.05, 0.1) is 6.10 Å². The Morgan fingerprint density at radius 2 is 2.22 bits per heavy atom. The van der Waals surface area contributed by atoms with Gasteiger partial charge in [0, 0.05) is 7.05 Å². The fourth-order valence-electron chi connectivity index (χ4n) is 1.69. The summed E-state index contributed by atoms with van der Waals surface area (Å²) < 4.78 is 7.37. The fraction of sp³-hybridized carbons (Fsp3) is 0.385. The van der Waals surface area contributed by atoms with Gasteiger partial charge in [0.2, 0.25) is 0 Å². The van der Waals surface area contributed by atoms with Crippen molar-refractivity contribution in [3.63, 3.8) is 0 Å². The van der Waals surface area contributed by atoms with Crippen molar-refractivity contribution in [3.8, 4) is 5.75 Å². The SMILES string of the molecule is Cc1cc([C@@H](C)O)ccc1OCc1ncnn1C. The van der Waals surface area contributed by atoms with Crippen molar-refractivity contribution in [1.29, 1.82) is 0 Å². The van der Waals surface area contributed by atoms with Crippen molar-refractivity contribution in [3.05, 3.63) is 41.5 Å². The van der Waals surface area contributed by atoms with Crippen LogP contribution < -0.4 is 4.74 Å². The van der Waals surface area contributed by atoms with Crippen LogP contribution >= 0.6 is 0 Å². The number of ether oxygens (including phenoxy) is 1. The second-order valence-electron chi connectivity index (χ2n) is 4.29. The van der Waals surface area contributed by atoms with Crippen molar-refractivity contribution in [2.75, 3.05) is 0 Å². The first kappa shape index (κ1) is 12.6. The Morgan fingerprint density at radius 1 is 1.44 bits per heavy atom. The van der Waals surface area contributed by atoms with Crippen LogP contribution in [0.25, 0.3) is 0 Å². The molecule has 0 spiro atoms. The quantitative estimate of drug-likeness (QED) is 0.894. The van der Waals surface area contributed by atoms with E-state index in [0.717, 1.165) is 22.7 Å². The highest BCUT2D eigenvalue weighted by Crippen LogP contribution is 2.23. The molecule has 1 heterocycles. The van der Waals surface area contributed by atoms with Gasteiger partial charge in [0.15, 0.2) is 5.82 Å². The molecule has 18 heavy (non-hydrogen) atoms. The van der Waals surface area contributed by atoms with E-state index in [1.54, 1.807) is 11.6 Å². The summed E-state index contributed by atoms with van der Waals surface area (Å²) in [6.45, 7) is 4.08. The van der Waals surface area contributed by atoms with Crippen LogP contribution in [0.5, 0.6) is 5.75 Å². The normalized spacial score (nSPS) is 12.4. The molecule has 96 valence electrons. The lowest BCUT2D eigenvalue weighted by Crippen LogP contribution is -2.05. The molecule has 1 N–H and O–H groups in total. The van der Waals surface area contributed by atoms with Gasteiger partial charge in [-0.05, 0) is 37.1 Å². The molecule has 0 fully saturated rings. The Bertz CT molecular complexity index is 535. The highest BCUT2D eigenvalue weighted by molar-refractivity contribution is 5.36. The van der Waals surface area contributed by atoms with Crippen molar-refractivity contribution in [2.45, 2.75) is 26.6 Å². The summed E-state index contributed by atoms with van der Waals surface area (Å²) in [5, 5.41) is 13.5. The molecule has 0 aliphatic carbocycles. The number of aliphatic hydroxyl groups is 1. The van der Waals surface area contributed by atoms with Crippen LogP contribution in [0.15, 0.2) is 24.5 Å². The Balaban J connectivity index is 2.08. The first-order valence-corrected chi connectivity index (χ1v) is 5.82. The average molecular weight is 247 g/mol. The lowest BCUT2D eigenvalue weighted by molar-refractivity contribution is 0.199. The molecule has 2 rings (SSSR count). The number of nitrogens with zero attached hydrogens (tertiary/aromatic N) is 3. The number of aryl methyl sites for hydroxylation is 2. The third-order valence-electron chi connectivity index (χ3n) is 2.84. The molecule has 0 saturated heterocycles. The van der Waals surface area contributed by atoms with Crippen LogP contribution in [0.3, 0.4) is 0 Å². The van der Waals surface area contributed by atoms with Gasteiger partial charge < -0.3 is 9.84 Å². The van der Waals surface area contributed by atoms with Crippen molar-refractivity contribution in [2.24, 2.45) is 7.05 Å². The molecule has 1 aromatic heterocycles. The largest absolute Gasteiger partial charge is 0.485 e. The minimum absolute atomic E-state index is 0.380. The lowest BCUT2D eigenvalue weighted by Gasteiger charge is -2.11. The molecule has 0 saturated carbocycles. The third-order valence-corrected chi connectivity index (χ3v) is 2.84. The number of aliphatic hydroxyl groups excluding tert-OH is 1. The smallest absolute Gasteiger partial charge is 0.164 e. The Morgan fingerprint density at radius 3 is 2.78 bits per heavy atom. The van der Waals surface area contributed by atoms with E-state index in [9.17, 15) is 5.11 Å². The van der Waals surface area contributed by atoms with Crippen molar-refractivity contribution in [1.82, 2.24) is 14.8 Å². The first-order chi connectivity index (χ1) is 8.58. The van der Waals surface area contributed by atoms with Crippen molar-refractivity contribution >= 4 is 0 Å². The minimum Gasteiger partial charge on any atom is -0.485 e. The maximum absolute atomic E-state index is 9.49. The molecule has 0 aliphatic heterocycles. The number of rotatable bonds is 4. The summed E-state index contributed by atoms with van der Waals surface area (Å²) in [5.41, 5.74) is 1.88. The highest BCUT2D eigenvalue weighted by atomic mass is 16.5. The molecule has 0 amide bonds. The fourth-order valence-corrected chi connectivity index (χ4v) is 1.69. The summed E-state index contributed by atoms with van der Waals surface area (Å²) >= 11 is 0. The predicted molar refractivity (Wildman–Crippen MR) is 67.1 cm³/mol. The Hall–Kier alpha value is -1.88. The van der Waals surface area contributed by atoms with Gasteiger partial charge in [0.25, 0.3) is 0 Å². The van der Waals surface area contributed by atoms with E-state index >= 15 is 0 Å². The zero-order valence-corrected chi connectivity index (χ0v) is 10.8. The minimum atomic E-state index is -0.462. The maximum atomic E-state index is 9.49. The van der Waals surface area contributed by atoms with Crippen LogP contribution in [0.2, 0.25) is 0 Å². The van der Waals surface area contributed by atoms with Gasteiger partial charge in [0.1, 0.15) is 18.7 Å². The number of hydrogen-bond donors (Lipinski definition) is 1. The van der Waals surface area contributed by atoms with E-state index in [4.69, 9.17) is 4.74 Å². The van der Waals surface area contributed by atoms with Gasteiger partial charge >= 0.3 is 0 Å². The molecule has 1 aromatic carbocycles. The van der Waals surface area contributed by atoms with Gasteiger partial charge in [-0.25, -0.2) is 4.98 Å². The summed E-state index contributed by atoms with van der Waals surface area (Å²) in [7, 11) is 1.83. The Labute approximate surface area is 106 Å². The van der Waals surface area contributed by atoms with E-state index < -0.39 is 6.10 Å². The highest BCUT2D eigenvalue weighted by Gasteiger charge is 2.07. The van der Waals surface area contributed by atoms with Crippen LogP contribution in [0.4, 0.5) is 0 Å². The molecular weight excluding hydrogens is 230 g/mol. The molecule has 0 aliphatic rings. The molecular formula is C13H17N3O2. The van der Waals surface area contributed by atoms with Gasteiger partial charge in [-0.2, -0.15) is 5.10 Å². The van der Waals surface area contributed by atoms with Crippen LogP contribution in [0.1, 0.15) is 30.0 Å². The first-order valence-electron chi connectivity index (χ1n) is 5.82. The second kappa shape index (κ2) is 5.18. The zero-order valence-electron chi connectivity index (χ0n) is 10.8. The van der Waals surface area contributed by atoms with Crippen LogP contribution in [0, 0.1) is 6.92 Å². The summed E-state index contributed by atoms with van der Waals surface area (Å²) in [6, 6.07) is 5.66. The molecule has 0 radical (unpaired) electrons. The average Bonchev–Trinajstić information content (AvgIpc) is 2.73. The molecule has 0 unspecified atom stereocenters. The van der Waals surface area contributed by atoms with Gasteiger partial charge in [-0.15, -0.1) is 0 Å². The van der Waals surface area contributed by atoms with Gasteiger partial charge in [-0.3, -0.25) is 4.68 Å². The van der Waals surface area contributed by atoms with Crippen LogP contribution in [-0.4, -0.2) is 19.9 Å². The maximum Gasteiger partial charge on any atom is 0.164 e. The van der Waals surface area contributed by atoms with E-state index in [1.165, 1.54) is 6.33 Å². The number of aromatic nitrogens is 3. The zero-order chi connectivity index (χ0) is 13.1. The second-order valence-corrected chi connectivity index (χ2v) is 4.29. The summed E-state index contributed by atoms with van der Waals surface area (Å²) in [4.78, 5) is 4.09. The standard InChI is InChI=1S/C13H17N3O2/c1-9-6-11(10(2)17)4-5-12(9)18-7-13-14-8-15-16(13)3/h4-6,8,10,17H,7H2,1-3H3/t10-/m1/s1. The topological polar surface area (TPSA) is 60.2 Å². The Kier molecular flexibility index (Phi) is 3.62. The van der Waals surface area contributed by atoms with E-state index in [0.29, 0.717) is 6.61 Å². The predicted octanol–water partition coefficient (Wildman–Crippen LogP) is 1.76. The molecule has 2 aromatic rings. The molecule has 1 atom stereocenters. The van der Waals surface area contributed by atoms with Gasteiger partial charge in [-0.1, -0.05) is 6.07 Å². The summed E-state index contributed by atoms with van der Waals surface area (Å²) in [6.07, 6.45) is 1.04.